The lowest BCUT2D eigenvalue weighted by molar-refractivity contribution is 0.413. The lowest BCUT2D eigenvalue weighted by Gasteiger charge is -2.21. The molecule has 2 rings (SSSR count). The lowest BCUT2D eigenvalue weighted by atomic mass is 10.0. The fourth-order valence-corrected chi connectivity index (χ4v) is 2.26. The minimum atomic E-state index is 0.107. The zero-order chi connectivity index (χ0) is 14.8. The summed E-state index contributed by atoms with van der Waals surface area (Å²) in [6.45, 7) is 12.5. The first-order valence-corrected chi connectivity index (χ1v) is 7.17. The quantitative estimate of drug-likeness (QED) is 0.923. The van der Waals surface area contributed by atoms with E-state index in [2.05, 4.69) is 73.9 Å². The Morgan fingerprint density at radius 1 is 1.15 bits per heavy atom. The van der Waals surface area contributed by atoms with Crippen LogP contribution in [0.25, 0.3) is 0 Å². The largest absolute Gasteiger partial charge is 0.329 e. The van der Waals surface area contributed by atoms with Crippen LogP contribution < -0.4 is 5.32 Å². The average Bonchev–Trinajstić information content (AvgIpc) is 2.78. The summed E-state index contributed by atoms with van der Waals surface area (Å²) in [5.41, 5.74) is 4.18. The van der Waals surface area contributed by atoms with Gasteiger partial charge in [0.15, 0.2) is 0 Å². The molecule has 1 N–H and O–H groups in total. The summed E-state index contributed by atoms with van der Waals surface area (Å²) in [4.78, 5) is 4.48. The van der Waals surface area contributed by atoms with Crippen molar-refractivity contribution in [3.8, 4) is 0 Å². The van der Waals surface area contributed by atoms with E-state index >= 15 is 0 Å². The Hall–Kier alpha value is -1.61. The summed E-state index contributed by atoms with van der Waals surface area (Å²) in [7, 11) is 0. The van der Waals surface area contributed by atoms with Gasteiger partial charge in [-0.1, -0.05) is 18.2 Å². The molecule has 3 heteroatoms. The van der Waals surface area contributed by atoms with Crippen molar-refractivity contribution in [2.24, 2.45) is 0 Å². The molecular weight excluding hydrogens is 246 g/mol. The maximum atomic E-state index is 4.48. The predicted octanol–water partition coefficient (Wildman–Crippen LogP) is 3.44. The normalized spacial score (nSPS) is 11.8. The SMILES string of the molecule is Cc1cccc(C)c1Cn1ccnc1CNC(C)(C)C. The van der Waals surface area contributed by atoms with Crippen LogP contribution in [0.15, 0.2) is 30.6 Å². The Morgan fingerprint density at radius 2 is 1.80 bits per heavy atom. The maximum absolute atomic E-state index is 4.48. The number of nitrogens with one attached hydrogen (secondary N) is 1. The summed E-state index contributed by atoms with van der Waals surface area (Å²) in [5.74, 6) is 1.09. The van der Waals surface area contributed by atoms with Crippen LogP contribution in [0.2, 0.25) is 0 Å². The Bertz CT molecular complexity index is 556. The number of nitrogens with zero attached hydrogens (tertiary/aromatic N) is 2. The molecular formula is C17H25N3. The van der Waals surface area contributed by atoms with Gasteiger partial charge < -0.3 is 9.88 Å². The molecule has 1 aromatic carbocycles. The third-order valence-corrected chi connectivity index (χ3v) is 3.55. The Labute approximate surface area is 122 Å². The Kier molecular flexibility index (Phi) is 4.29. The molecule has 3 nitrogen and oxygen atoms in total. The molecule has 1 heterocycles. The maximum Gasteiger partial charge on any atom is 0.122 e. The minimum Gasteiger partial charge on any atom is -0.329 e. The van der Waals surface area contributed by atoms with Crippen LogP contribution in [0, 0.1) is 13.8 Å². The average molecular weight is 271 g/mol. The summed E-state index contributed by atoms with van der Waals surface area (Å²) in [6, 6.07) is 6.46. The van der Waals surface area contributed by atoms with Crippen LogP contribution in [-0.2, 0) is 13.1 Å². The van der Waals surface area contributed by atoms with Gasteiger partial charge in [0.1, 0.15) is 5.82 Å². The van der Waals surface area contributed by atoms with Gasteiger partial charge in [0.25, 0.3) is 0 Å². The topological polar surface area (TPSA) is 29.9 Å². The van der Waals surface area contributed by atoms with Crippen molar-refractivity contribution in [3.05, 3.63) is 53.1 Å². The molecule has 0 saturated carbocycles. The molecule has 0 unspecified atom stereocenters. The van der Waals surface area contributed by atoms with Crippen molar-refractivity contribution >= 4 is 0 Å². The number of hydrogen-bond donors (Lipinski definition) is 1. The van der Waals surface area contributed by atoms with E-state index in [0.717, 1.165) is 18.9 Å². The molecule has 0 radical (unpaired) electrons. The van der Waals surface area contributed by atoms with E-state index in [1.807, 2.05) is 6.20 Å². The van der Waals surface area contributed by atoms with Gasteiger partial charge in [-0.2, -0.15) is 0 Å². The van der Waals surface area contributed by atoms with E-state index in [0.29, 0.717) is 0 Å². The van der Waals surface area contributed by atoms with Gasteiger partial charge in [-0.15, -0.1) is 0 Å². The van der Waals surface area contributed by atoms with Gasteiger partial charge in [0.05, 0.1) is 6.54 Å². The summed E-state index contributed by atoms with van der Waals surface area (Å²) >= 11 is 0. The standard InChI is InChI=1S/C17H25N3/c1-13-7-6-8-14(2)15(13)12-20-10-9-18-16(20)11-19-17(3,4)5/h6-10,19H,11-12H2,1-5H3. The number of aromatic nitrogens is 2. The lowest BCUT2D eigenvalue weighted by Crippen LogP contribution is -2.36. The number of imidazole rings is 1. The van der Waals surface area contributed by atoms with E-state index in [-0.39, 0.29) is 5.54 Å². The van der Waals surface area contributed by atoms with Gasteiger partial charge in [-0.05, 0) is 51.3 Å². The Balaban J connectivity index is 2.17. The fourth-order valence-electron chi connectivity index (χ4n) is 2.26. The van der Waals surface area contributed by atoms with E-state index in [1.165, 1.54) is 16.7 Å². The molecule has 0 aliphatic rings. The van der Waals surface area contributed by atoms with E-state index in [4.69, 9.17) is 0 Å². The first-order chi connectivity index (χ1) is 9.37. The third kappa shape index (κ3) is 3.70. The van der Waals surface area contributed by atoms with Gasteiger partial charge >= 0.3 is 0 Å². The predicted molar refractivity (Wildman–Crippen MR) is 83.8 cm³/mol. The molecule has 0 amide bonds. The van der Waals surface area contributed by atoms with Gasteiger partial charge in [-0.25, -0.2) is 4.98 Å². The van der Waals surface area contributed by atoms with Gasteiger partial charge in [0, 0.05) is 24.5 Å². The van der Waals surface area contributed by atoms with Crippen LogP contribution in [-0.4, -0.2) is 15.1 Å². The summed E-state index contributed by atoms with van der Waals surface area (Å²) in [5, 5.41) is 3.50. The number of benzene rings is 1. The van der Waals surface area contributed by atoms with Crippen LogP contribution in [0.1, 0.15) is 43.3 Å². The third-order valence-electron chi connectivity index (χ3n) is 3.55. The second kappa shape index (κ2) is 5.80. The second-order valence-electron chi connectivity index (χ2n) is 6.45. The first-order valence-electron chi connectivity index (χ1n) is 7.17. The van der Waals surface area contributed by atoms with Crippen LogP contribution in [0.4, 0.5) is 0 Å². The fraction of sp³-hybridized carbons (Fsp3) is 0.471. The van der Waals surface area contributed by atoms with Gasteiger partial charge in [-0.3, -0.25) is 0 Å². The van der Waals surface area contributed by atoms with E-state index < -0.39 is 0 Å². The second-order valence-corrected chi connectivity index (χ2v) is 6.45. The molecule has 0 fully saturated rings. The van der Waals surface area contributed by atoms with E-state index in [1.54, 1.807) is 0 Å². The highest BCUT2D eigenvalue weighted by atomic mass is 15.1. The summed E-state index contributed by atoms with van der Waals surface area (Å²) in [6.07, 6.45) is 3.94. The highest BCUT2D eigenvalue weighted by Crippen LogP contribution is 2.16. The van der Waals surface area contributed by atoms with Crippen molar-refractivity contribution in [3.63, 3.8) is 0 Å². The molecule has 108 valence electrons. The smallest absolute Gasteiger partial charge is 0.122 e. The molecule has 1 aromatic heterocycles. The van der Waals surface area contributed by atoms with Crippen molar-refractivity contribution in [2.45, 2.75) is 53.2 Å². The number of aryl methyl sites for hydroxylation is 2. The number of rotatable bonds is 4. The molecule has 20 heavy (non-hydrogen) atoms. The molecule has 0 saturated heterocycles. The zero-order valence-corrected chi connectivity index (χ0v) is 13.2. The Morgan fingerprint density at radius 3 is 2.40 bits per heavy atom. The van der Waals surface area contributed by atoms with Crippen molar-refractivity contribution in [1.29, 1.82) is 0 Å². The molecule has 0 bridgehead atoms. The van der Waals surface area contributed by atoms with Crippen LogP contribution in [0.3, 0.4) is 0 Å². The van der Waals surface area contributed by atoms with Crippen LogP contribution in [0.5, 0.6) is 0 Å². The monoisotopic (exact) mass is 271 g/mol. The van der Waals surface area contributed by atoms with Gasteiger partial charge in [0.2, 0.25) is 0 Å². The number of hydrogen-bond acceptors (Lipinski definition) is 2. The molecule has 0 spiro atoms. The zero-order valence-electron chi connectivity index (χ0n) is 13.2. The van der Waals surface area contributed by atoms with Crippen molar-refractivity contribution in [2.75, 3.05) is 0 Å². The van der Waals surface area contributed by atoms with Crippen molar-refractivity contribution in [1.82, 2.24) is 14.9 Å². The molecule has 0 aliphatic carbocycles. The summed E-state index contributed by atoms with van der Waals surface area (Å²) < 4.78 is 2.23. The highest BCUT2D eigenvalue weighted by Gasteiger charge is 2.12. The molecule has 0 atom stereocenters. The minimum absolute atomic E-state index is 0.107. The van der Waals surface area contributed by atoms with Crippen LogP contribution >= 0.6 is 0 Å². The molecule has 0 aliphatic heterocycles. The van der Waals surface area contributed by atoms with E-state index in [9.17, 15) is 0 Å². The highest BCUT2D eigenvalue weighted by molar-refractivity contribution is 5.33. The van der Waals surface area contributed by atoms with Crippen molar-refractivity contribution < 1.29 is 0 Å². The molecule has 2 aromatic rings. The first kappa shape index (κ1) is 14.8.